The van der Waals surface area contributed by atoms with Crippen molar-refractivity contribution in [3.05, 3.63) is 78.1 Å². The van der Waals surface area contributed by atoms with E-state index in [4.69, 9.17) is 4.74 Å². The van der Waals surface area contributed by atoms with Gasteiger partial charge in [0.1, 0.15) is 0 Å². The van der Waals surface area contributed by atoms with Crippen LogP contribution in [-0.4, -0.2) is 52.7 Å². The third-order valence-corrected chi connectivity index (χ3v) is 4.77. The molecule has 0 aliphatic rings. The van der Waals surface area contributed by atoms with Crippen molar-refractivity contribution in [3.63, 3.8) is 0 Å². The van der Waals surface area contributed by atoms with Gasteiger partial charge in [-0.05, 0) is 43.2 Å². The highest BCUT2D eigenvalue weighted by atomic mass is 16.5. The number of hydrogen-bond donors (Lipinski definition) is 1. The van der Waals surface area contributed by atoms with Gasteiger partial charge in [-0.2, -0.15) is 5.10 Å². The predicted molar refractivity (Wildman–Crippen MR) is 120 cm³/mol. The molecule has 2 aromatic carbocycles. The zero-order chi connectivity index (χ0) is 22.9. The number of para-hydroxylation sites is 1. The van der Waals surface area contributed by atoms with Gasteiger partial charge in [0.25, 0.3) is 5.91 Å². The van der Waals surface area contributed by atoms with Crippen LogP contribution in [0.1, 0.15) is 17.5 Å². The number of ether oxygens (including phenoxy) is 1. The summed E-state index contributed by atoms with van der Waals surface area (Å²) in [4.78, 5) is 37.5. The number of amides is 2. The van der Waals surface area contributed by atoms with E-state index in [0.29, 0.717) is 12.1 Å². The molecule has 1 heterocycles. The van der Waals surface area contributed by atoms with E-state index in [-0.39, 0.29) is 18.9 Å². The van der Waals surface area contributed by atoms with E-state index < -0.39 is 18.5 Å². The van der Waals surface area contributed by atoms with Gasteiger partial charge in [0.2, 0.25) is 5.91 Å². The van der Waals surface area contributed by atoms with Crippen molar-refractivity contribution in [2.45, 2.75) is 19.8 Å². The molecule has 0 radical (unpaired) electrons. The van der Waals surface area contributed by atoms with Gasteiger partial charge in [0.15, 0.2) is 6.61 Å². The minimum absolute atomic E-state index is 0.130. The third-order valence-electron chi connectivity index (χ3n) is 4.77. The number of carbonyl (C=O) groups excluding carboxylic acids is 3. The number of nitrogens with one attached hydrogen (secondary N) is 1. The van der Waals surface area contributed by atoms with Crippen LogP contribution >= 0.6 is 0 Å². The van der Waals surface area contributed by atoms with Crippen LogP contribution in [0.25, 0.3) is 5.69 Å². The maximum Gasteiger partial charge on any atom is 0.306 e. The Balaban J connectivity index is 1.37. The van der Waals surface area contributed by atoms with Crippen molar-refractivity contribution in [3.8, 4) is 5.69 Å². The molecule has 166 valence electrons. The second kappa shape index (κ2) is 10.9. The lowest BCUT2D eigenvalue weighted by molar-refractivity contribution is -0.151. The molecule has 0 atom stereocenters. The predicted octanol–water partition coefficient (Wildman–Crippen LogP) is 2.75. The van der Waals surface area contributed by atoms with E-state index in [2.05, 4.69) is 10.4 Å². The standard InChI is InChI=1S/C24H26N4O4/c1-18-8-11-20(12-9-18)26-22(29)16-27(2)23(30)17-32-24(31)13-10-19-14-25-28(15-19)21-6-4-3-5-7-21/h3-9,11-12,14-15H,10,13,16-17H2,1-2H3,(H,26,29). The number of hydrogen-bond acceptors (Lipinski definition) is 5. The Morgan fingerprint density at radius 3 is 2.50 bits per heavy atom. The molecule has 1 N–H and O–H groups in total. The Morgan fingerprint density at radius 2 is 1.78 bits per heavy atom. The number of aromatic nitrogens is 2. The summed E-state index contributed by atoms with van der Waals surface area (Å²) in [6.07, 6.45) is 4.14. The highest BCUT2D eigenvalue weighted by Crippen LogP contribution is 2.10. The minimum Gasteiger partial charge on any atom is -0.456 e. The summed E-state index contributed by atoms with van der Waals surface area (Å²) in [6.45, 7) is 1.41. The van der Waals surface area contributed by atoms with Crippen molar-refractivity contribution in [2.24, 2.45) is 0 Å². The second-order valence-electron chi connectivity index (χ2n) is 7.45. The van der Waals surface area contributed by atoms with E-state index in [1.165, 1.54) is 11.9 Å². The monoisotopic (exact) mass is 434 g/mol. The fraction of sp³-hybridized carbons (Fsp3) is 0.250. The number of likely N-dealkylation sites (N-methyl/N-ethyl adjacent to an activating group) is 1. The van der Waals surface area contributed by atoms with E-state index in [1.807, 2.05) is 55.6 Å². The van der Waals surface area contributed by atoms with Gasteiger partial charge in [-0.3, -0.25) is 14.4 Å². The first-order valence-electron chi connectivity index (χ1n) is 10.3. The number of anilines is 1. The first kappa shape index (κ1) is 22.7. The summed E-state index contributed by atoms with van der Waals surface area (Å²) in [7, 11) is 1.49. The first-order chi connectivity index (χ1) is 15.4. The van der Waals surface area contributed by atoms with Crippen LogP contribution in [0.2, 0.25) is 0 Å². The molecule has 0 spiro atoms. The number of rotatable bonds is 9. The minimum atomic E-state index is -0.483. The zero-order valence-electron chi connectivity index (χ0n) is 18.2. The Bertz CT molecular complexity index is 1060. The topological polar surface area (TPSA) is 93.5 Å². The van der Waals surface area contributed by atoms with Crippen molar-refractivity contribution in [2.75, 3.05) is 25.5 Å². The molecule has 0 unspecified atom stereocenters. The average Bonchev–Trinajstić information content (AvgIpc) is 3.27. The van der Waals surface area contributed by atoms with Gasteiger partial charge in [-0.25, -0.2) is 4.68 Å². The highest BCUT2D eigenvalue weighted by Gasteiger charge is 2.15. The molecule has 0 saturated carbocycles. The van der Waals surface area contributed by atoms with Crippen LogP contribution in [0.4, 0.5) is 5.69 Å². The van der Waals surface area contributed by atoms with Gasteiger partial charge >= 0.3 is 5.97 Å². The van der Waals surface area contributed by atoms with E-state index in [9.17, 15) is 14.4 Å². The van der Waals surface area contributed by atoms with Gasteiger partial charge in [0.05, 0.1) is 18.4 Å². The van der Waals surface area contributed by atoms with Gasteiger partial charge in [-0.15, -0.1) is 0 Å². The molecular formula is C24H26N4O4. The maximum atomic E-state index is 12.2. The Hall–Kier alpha value is -3.94. The summed E-state index contributed by atoms with van der Waals surface area (Å²) in [5.41, 5.74) is 3.56. The van der Waals surface area contributed by atoms with Crippen LogP contribution in [0.5, 0.6) is 0 Å². The first-order valence-corrected chi connectivity index (χ1v) is 10.3. The van der Waals surface area contributed by atoms with Crippen molar-refractivity contribution >= 4 is 23.5 Å². The molecule has 8 heteroatoms. The second-order valence-corrected chi connectivity index (χ2v) is 7.45. The zero-order valence-corrected chi connectivity index (χ0v) is 18.2. The largest absolute Gasteiger partial charge is 0.456 e. The average molecular weight is 434 g/mol. The molecule has 32 heavy (non-hydrogen) atoms. The number of nitrogens with zero attached hydrogens (tertiary/aromatic N) is 3. The molecule has 0 aliphatic carbocycles. The molecule has 8 nitrogen and oxygen atoms in total. The quantitative estimate of drug-likeness (QED) is 0.523. The van der Waals surface area contributed by atoms with Crippen LogP contribution in [-0.2, 0) is 25.5 Å². The summed E-state index contributed by atoms with van der Waals surface area (Å²) in [6, 6.07) is 17.0. The smallest absolute Gasteiger partial charge is 0.306 e. The van der Waals surface area contributed by atoms with Gasteiger partial charge in [0, 0.05) is 25.4 Å². The Morgan fingerprint density at radius 1 is 1.06 bits per heavy atom. The normalized spacial score (nSPS) is 10.4. The van der Waals surface area contributed by atoms with Gasteiger partial charge in [-0.1, -0.05) is 35.9 Å². The van der Waals surface area contributed by atoms with E-state index in [1.54, 1.807) is 23.0 Å². The summed E-state index contributed by atoms with van der Waals surface area (Å²) in [5, 5.41) is 7.01. The Labute approximate surface area is 186 Å². The molecule has 0 saturated heterocycles. The summed E-state index contributed by atoms with van der Waals surface area (Å²) >= 11 is 0. The maximum absolute atomic E-state index is 12.2. The Kier molecular flexibility index (Phi) is 7.75. The lowest BCUT2D eigenvalue weighted by Crippen LogP contribution is -2.37. The molecule has 3 rings (SSSR count). The lowest BCUT2D eigenvalue weighted by Gasteiger charge is -2.16. The van der Waals surface area contributed by atoms with E-state index >= 15 is 0 Å². The number of benzene rings is 2. The summed E-state index contributed by atoms with van der Waals surface area (Å²) < 4.78 is 6.80. The van der Waals surface area contributed by atoms with Crippen molar-refractivity contribution in [1.29, 1.82) is 0 Å². The van der Waals surface area contributed by atoms with Crippen LogP contribution in [0, 0.1) is 6.92 Å². The number of aryl methyl sites for hydroxylation is 2. The molecule has 3 aromatic rings. The van der Waals surface area contributed by atoms with Crippen LogP contribution in [0.15, 0.2) is 67.0 Å². The number of esters is 1. The molecule has 0 fully saturated rings. The van der Waals surface area contributed by atoms with Gasteiger partial charge < -0.3 is 15.0 Å². The van der Waals surface area contributed by atoms with Crippen LogP contribution in [0.3, 0.4) is 0 Å². The third kappa shape index (κ3) is 6.80. The molecule has 2 amide bonds. The molecular weight excluding hydrogens is 408 g/mol. The fourth-order valence-corrected chi connectivity index (χ4v) is 2.92. The SMILES string of the molecule is Cc1ccc(NC(=O)CN(C)C(=O)COC(=O)CCc2cnn(-c3ccccc3)c2)cc1. The molecule has 0 bridgehead atoms. The highest BCUT2D eigenvalue weighted by molar-refractivity contribution is 5.94. The molecule has 1 aromatic heterocycles. The fourth-order valence-electron chi connectivity index (χ4n) is 2.92. The summed E-state index contributed by atoms with van der Waals surface area (Å²) in [5.74, 6) is -1.26. The molecule has 0 aliphatic heterocycles. The van der Waals surface area contributed by atoms with E-state index in [0.717, 1.165) is 16.8 Å². The number of carbonyl (C=O) groups is 3. The van der Waals surface area contributed by atoms with Crippen LogP contribution < -0.4 is 5.32 Å². The van der Waals surface area contributed by atoms with Crippen molar-refractivity contribution in [1.82, 2.24) is 14.7 Å². The lowest BCUT2D eigenvalue weighted by atomic mass is 10.2. The van der Waals surface area contributed by atoms with Crippen molar-refractivity contribution < 1.29 is 19.1 Å².